The van der Waals surface area contributed by atoms with Gasteiger partial charge in [-0.3, -0.25) is 0 Å². The molecule has 4 aromatic carbocycles. The van der Waals surface area contributed by atoms with E-state index in [9.17, 15) is 0 Å². The van der Waals surface area contributed by atoms with Crippen molar-refractivity contribution in [2.24, 2.45) is 5.41 Å². The van der Waals surface area contributed by atoms with Crippen LogP contribution in [0.15, 0.2) is 121 Å². The fourth-order valence-corrected chi connectivity index (χ4v) is 9.35. The fourth-order valence-electron chi connectivity index (χ4n) is 5.08. The molecule has 0 saturated carbocycles. The Morgan fingerprint density at radius 3 is 1.29 bits per heavy atom. The molecule has 220 valence electrons. The van der Waals surface area contributed by atoms with Gasteiger partial charge in [0.05, 0.1) is 31.8 Å². The highest BCUT2D eigenvalue weighted by atomic mass is 32.5. The van der Waals surface area contributed by atoms with E-state index in [4.69, 9.17) is 41.7 Å². The van der Waals surface area contributed by atoms with E-state index in [0.29, 0.717) is 38.5 Å². The molecule has 2 saturated heterocycles. The van der Waals surface area contributed by atoms with Gasteiger partial charge in [-0.05, 0) is 45.9 Å². The van der Waals surface area contributed by atoms with E-state index < -0.39 is 13.0 Å². The standard InChI is InChI=1S/C20H24O4P2S2.C14H14/c1-25(27)21-13-20(14-22-25)15-23-26(28,24-16-20)12-19(17-8-4-2-5-9-17)18-10-6-3-7-11-18;1-12(13-8-4-2-5-9-13)14-10-6-3-7-11-14/h2-11,19H,12-16H2,1H3;2-12H,1H3. The summed E-state index contributed by atoms with van der Waals surface area (Å²) >= 11 is 11.2. The average Bonchev–Trinajstić information content (AvgIpc) is 3.05. The maximum absolute atomic E-state index is 6.22. The predicted octanol–water partition coefficient (Wildman–Crippen LogP) is 8.99. The zero-order valence-corrected chi connectivity index (χ0v) is 27.5. The van der Waals surface area contributed by atoms with E-state index in [1.54, 1.807) is 0 Å². The molecule has 2 aliphatic heterocycles. The molecule has 0 atom stereocenters. The molecule has 2 fully saturated rings. The van der Waals surface area contributed by atoms with Crippen molar-refractivity contribution in [3.05, 3.63) is 144 Å². The molecule has 0 aromatic heterocycles. The molecule has 0 N–H and O–H groups in total. The molecule has 0 radical (unpaired) electrons. The van der Waals surface area contributed by atoms with Crippen molar-refractivity contribution in [1.29, 1.82) is 0 Å². The summed E-state index contributed by atoms with van der Waals surface area (Å²) in [7, 11) is 0. The van der Waals surface area contributed by atoms with Crippen LogP contribution in [0.25, 0.3) is 0 Å². The van der Waals surface area contributed by atoms with Gasteiger partial charge in [0.25, 0.3) is 0 Å². The van der Waals surface area contributed by atoms with Crippen LogP contribution in [0.1, 0.15) is 41.0 Å². The molecule has 2 aliphatic rings. The Bertz CT molecular complexity index is 1400. The zero-order valence-electron chi connectivity index (χ0n) is 24.1. The van der Waals surface area contributed by atoms with E-state index >= 15 is 0 Å². The van der Waals surface area contributed by atoms with Crippen molar-refractivity contribution < 1.29 is 18.1 Å². The first-order valence-electron chi connectivity index (χ1n) is 14.2. The summed E-state index contributed by atoms with van der Waals surface area (Å²) in [5.74, 6) is 0.625. The van der Waals surface area contributed by atoms with Crippen molar-refractivity contribution in [1.82, 2.24) is 0 Å². The Labute approximate surface area is 260 Å². The average molecular weight is 637 g/mol. The summed E-state index contributed by atoms with van der Waals surface area (Å²) in [5.41, 5.74) is 4.90. The number of benzene rings is 4. The number of rotatable bonds is 6. The van der Waals surface area contributed by atoms with Crippen LogP contribution in [0.4, 0.5) is 0 Å². The van der Waals surface area contributed by atoms with Gasteiger partial charge in [0, 0.05) is 24.7 Å². The fraction of sp³-hybridized carbons (Fsp3) is 0.294. The maximum Gasteiger partial charge on any atom is 0.189 e. The van der Waals surface area contributed by atoms with E-state index in [2.05, 4.69) is 116 Å². The molecule has 1 spiro atoms. The van der Waals surface area contributed by atoms with Crippen molar-refractivity contribution in [2.75, 3.05) is 39.3 Å². The number of hydrogen-bond donors (Lipinski definition) is 0. The van der Waals surface area contributed by atoms with Gasteiger partial charge in [-0.2, -0.15) is 0 Å². The van der Waals surface area contributed by atoms with Gasteiger partial charge in [-0.15, -0.1) is 0 Å². The van der Waals surface area contributed by atoms with Crippen LogP contribution in [-0.4, -0.2) is 39.3 Å². The summed E-state index contributed by atoms with van der Waals surface area (Å²) in [6.45, 7) is 1.58. The lowest BCUT2D eigenvalue weighted by molar-refractivity contribution is -0.0537. The summed E-state index contributed by atoms with van der Waals surface area (Å²) in [4.78, 5) is 0. The zero-order chi connectivity index (χ0) is 29.5. The summed E-state index contributed by atoms with van der Waals surface area (Å²) in [6, 6.07) is 42.0. The number of hydrogen-bond acceptors (Lipinski definition) is 6. The van der Waals surface area contributed by atoms with Crippen LogP contribution in [0.3, 0.4) is 0 Å². The third-order valence-corrected chi connectivity index (χ3v) is 12.5. The highest BCUT2D eigenvalue weighted by Gasteiger charge is 2.45. The van der Waals surface area contributed by atoms with Crippen molar-refractivity contribution in [2.45, 2.75) is 18.8 Å². The van der Waals surface area contributed by atoms with E-state index in [-0.39, 0.29) is 11.3 Å². The molecule has 6 rings (SSSR count). The normalized spacial score (nSPS) is 25.6. The van der Waals surface area contributed by atoms with Gasteiger partial charge in [-0.25, -0.2) is 0 Å². The predicted molar refractivity (Wildman–Crippen MR) is 181 cm³/mol. The molecule has 4 aromatic rings. The minimum atomic E-state index is -2.42. The second-order valence-electron chi connectivity index (χ2n) is 11.1. The molecule has 0 amide bonds. The Balaban J connectivity index is 0.000000211. The van der Waals surface area contributed by atoms with E-state index in [1.165, 1.54) is 22.3 Å². The van der Waals surface area contributed by atoms with Gasteiger partial charge < -0.3 is 18.1 Å². The second-order valence-corrected chi connectivity index (χ2v) is 18.9. The molecule has 0 bridgehead atoms. The second kappa shape index (κ2) is 14.2. The van der Waals surface area contributed by atoms with Crippen molar-refractivity contribution in [3.8, 4) is 0 Å². The first-order chi connectivity index (χ1) is 20.3. The lowest BCUT2D eigenvalue weighted by Gasteiger charge is -2.45. The monoisotopic (exact) mass is 636 g/mol. The highest BCUT2D eigenvalue weighted by molar-refractivity contribution is 8.10. The van der Waals surface area contributed by atoms with Crippen LogP contribution in [0.5, 0.6) is 0 Å². The Kier molecular flexibility index (Phi) is 10.6. The Morgan fingerprint density at radius 2 is 0.905 bits per heavy atom. The van der Waals surface area contributed by atoms with Gasteiger partial charge in [-0.1, -0.05) is 128 Å². The van der Waals surface area contributed by atoms with Crippen LogP contribution in [0, 0.1) is 5.41 Å². The SMILES string of the molecule is CC(c1ccccc1)c1ccccc1.CP1(=S)OCC2(CO1)COP(=S)(CC(c1ccccc1)c1ccccc1)OC2. The molecule has 42 heavy (non-hydrogen) atoms. The lowest BCUT2D eigenvalue weighted by atomic mass is 9.93. The smallest absolute Gasteiger partial charge is 0.189 e. The largest absolute Gasteiger partial charge is 0.329 e. The van der Waals surface area contributed by atoms with Crippen LogP contribution in [0.2, 0.25) is 0 Å². The van der Waals surface area contributed by atoms with Gasteiger partial charge in [0.1, 0.15) is 0 Å². The van der Waals surface area contributed by atoms with Crippen molar-refractivity contribution in [3.63, 3.8) is 0 Å². The minimum absolute atomic E-state index is 0.142. The van der Waals surface area contributed by atoms with Gasteiger partial charge >= 0.3 is 0 Å². The molecule has 0 aliphatic carbocycles. The molecular formula is C34H38O4P2S2. The third-order valence-electron chi connectivity index (χ3n) is 7.75. The summed E-state index contributed by atoms with van der Waals surface area (Å²) < 4.78 is 24.0. The van der Waals surface area contributed by atoms with Crippen LogP contribution in [-0.2, 0) is 41.7 Å². The molecular weight excluding hydrogens is 598 g/mol. The van der Waals surface area contributed by atoms with E-state index in [1.807, 2.05) is 18.8 Å². The molecule has 0 unspecified atom stereocenters. The summed E-state index contributed by atoms with van der Waals surface area (Å²) in [5, 5.41) is 0. The quantitative estimate of drug-likeness (QED) is 0.197. The minimum Gasteiger partial charge on any atom is -0.329 e. The van der Waals surface area contributed by atoms with Gasteiger partial charge in [0.15, 0.2) is 13.0 Å². The highest BCUT2D eigenvalue weighted by Crippen LogP contribution is 2.60. The van der Waals surface area contributed by atoms with E-state index in [0.717, 1.165) is 0 Å². The molecule has 8 heteroatoms. The van der Waals surface area contributed by atoms with Crippen LogP contribution >= 0.6 is 13.0 Å². The Morgan fingerprint density at radius 1 is 0.571 bits per heavy atom. The van der Waals surface area contributed by atoms with Crippen molar-refractivity contribution >= 4 is 36.6 Å². The third kappa shape index (κ3) is 8.34. The molecule has 4 nitrogen and oxygen atoms in total. The first kappa shape index (κ1) is 31.4. The van der Waals surface area contributed by atoms with Crippen LogP contribution < -0.4 is 0 Å². The van der Waals surface area contributed by atoms with Gasteiger partial charge in [0.2, 0.25) is 0 Å². The lowest BCUT2D eigenvalue weighted by Crippen LogP contribution is -2.45. The Hall–Kier alpha value is -1.98. The topological polar surface area (TPSA) is 36.9 Å². The first-order valence-corrected chi connectivity index (χ1v) is 20.1. The summed E-state index contributed by atoms with van der Waals surface area (Å²) in [6.07, 6.45) is 0.667. The maximum atomic E-state index is 6.22. The molecule has 2 heterocycles.